The van der Waals surface area contributed by atoms with Crippen LogP contribution in [0.4, 0.5) is 17.1 Å². The van der Waals surface area contributed by atoms with Gasteiger partial charge in [-0.3, -0.25) is 35.1 Å². The number of hydrogen-bond acceptors (Lipinski definition) is 9. The van der Waals surface area contributed by atoms with Crippen LogP contribution in [0.15, 0.2) is 90.1 Å². The molecule has 0 aliphatic heterocycles. The second kappa shape index (κ2) is 11.3. The zero-order chi connectivity index (χ0) is 30.0. The Morgan fingerprint density at radius 1 is 0.738 bits per heavy atom. The topological polar surface area (TPSA) is 191 Å². The number of fused-ring (bicyclic) bond motifs is 3. The zero-order valence-corrected chi connectivity index (χ0v) is 21.7. The van der Waals surface area contributed by atoms with E-state index in [4.69, 9.17) is 0 Å². The summed E-state index contributed by atoms with van der Waals surface area (Å²) in [5.74, 6) is -0.760. The van der Waals surface area contributed by atoms with E-state index in [2.05, 4.69) is 10.5 Å². The van der Waals surface area contributed by atoms with Gasteiger partial charge in [-0.25, -0.2) is 0 Å². The lowest BCUT2D eigenvalue weighted by molar-refractivity contribution is -0.393. The first-order valence-electron chi connectivity index (χ1n) is 12.6. The van der Waals surface area contributed by atoms with E-state index in [-0.39, 0.29) is 33.5 Å². The number of rotatable bonds is 9. The second-order valence-electron chi connectivity index (χ2n) is 9.57. The molecule has 0 fully saturated rings. The molecule has 1 amide bonds. The number of amides is 1. The van der Waals surface area contributed by atoms with Crippen molar-refractivity contribution in [1.29, 1.82) is 0 Å². The van der Waals surface area contributed by atoms with Crippen LogP contribution in [0.2, 0.25) is 0 Å². The molecule has 0 spiro atoms. The standard InChI is InChI=1S/C29H21N5O8/c35-29(30-19(11-17-7-3-1-4-8-17)12-18-9-5-2-6-10-18)24-15-20(32(37)38)13-22-26(24)27-23(28(22)31-36)14-21(33(39)40)16-25(27)34(41)42/h1-10,13-16,19,36H,11-12H2,(H,30,35)/b31-28-. The maximum atomic E-state index is 13.9. The monoisotopic (exact) mass is 567 g/mol. The van der Waals surface area contributed by atoms with Crippen molar-refractivity contribution >= 4 is 28.7 Å². The normalized spacial score (nSPS) is 12.5. The summed E-state index contributed by atoms with van der Waals surface area (Å²) in [6.45, 7) is 0. The lowest BCUT2D eigenvalue weighted by atomic mass is 9.95. The predicted molar refractivity (Wildman–Crippen MR) is 151 cm³/mol. The van der Waals surface area contributed by atoms with Gasteiger partial charge in [0.2, 0.25) is 0 Å². The molecule has 0 heterocycles. The molecule has 0 radical (unpaired) electrons. The molecule has 210 valence electrons. The third kappa shape index (κ3) is 5.25. The van der Waals surface area contributed by atoms with E-state index in [0.717, 1.165) is 35.4 Å². The molecule has 0 aromatic heterocycles. The molecular weight excluding hydrogens is 546 g/mol. The van der Waals surface area contributed by atoms with E-state index in [0.29, 0.717) is 12.8 Å². The van der Waals surface area contributed by atoms with Crippen LogP contribution in [0.1, 0.15) is 32.6 Å². The van der Waals surface area contributed by atoms with Gasteiger partial charge in [0.1, 0.15) is 5.71 Å². The molecule has 42 heavy (non-hydrogen) atoms. The van der Waals surface area contributed by atoms with Crippen molar-refractivity contribution in [2.24, 2.45) is 5.16 Å². The quantitative estimate of drug-likeness (QED) is 0.138. The summed E-state index contributed by atoms with van der Waals surface area (Å²) in [6.07, 6.45) is 0.815. The molecule has 0 saturated carbocycles. The number of nitrogens with one attached hydrogen (secondary N) is 1. The van der Waals surface area contributed by atoms with Crippen molar-refractivity contribution < 1.29 is 24.8 Å². The van der Waals surface area contributed by atoms with Crippen molar-refractivity contribution in [1.82, 2.24) is 5.32 Å². The summed E-state index contributed by atoms with van der Waals surface area (Å²) in [5.41, 5.74) is -1.35. The van der Waals surface area contributed by atoms with Gasteiger partial charge in [0.25, 0.3) is 23.0 Å². The van der Waals surface area contributed by atoms with E-state index >= 15 is 0 Å². The minimum atomic E-state index is -0.855. The third-order valence-electron chi connectivity index (χ3n) is 6.93. The van der Waals surface area contributed by atoms with Gasteiger partial charge in [-0.1, -0.05) is 65.8 Å². The van der Waals surface area contributed by atoms with E-state index in [9.17, 15) is 40.3 Å². The molecule has 2 N–H and O–H groups in total. The Labute approximate surface area is 237 Å². The summed E-state index contributed by atoms with van der Waals surface area (Å²) in [6, 6.07) is 21.9. The fourth-order valence-electron chi connectivity index (χ4n) is 5.17. The Morgan fingerprint density at radius 2 is 1.24 bits per heavy atom. The van der Waals surface area contributed by atoms with Crippen LogP contribution in [0.25, 0.3) is 11.1 Å². The summed E-state index contributed by atoms with van der Waals surface area (Å²) >= 11 is 0. The fourth-order valence-corrected chi connectivity index (χ4v) is 5.17. The van der Waals surface area contributed by atoms with Gasteiger partial charge in [-0.2, -0.15) is 0 Å². The first kappa shape index (κ1) is 27.6. The number of benzene rings is 4. The molecule has 0 bridgehead atoms. The van der Waals surface area contributed by atoms with Crippen LogP contribution in [-0.2, 0) is 12.8 Å². The highest BCUT2D eigenvalue weighted by molar-refractivity contribution is 6.28. The lowest BCUT2D eigenvalue weighted by Crippen LogP contribution is -2.38. The van der Waals surface area contributed by atoms with Crippen LogP contribution in [0.3, 0.4) is 0 Å². The molecule has 13 heteroatoms. The summed E-state index contributed by atoms with van der Waals surface area (Å²) in [7, 11) is 0. The van der Waals surface area contributed by atoms with Crippen LogP contribution in [0, 0.1) is 30.3 Å². The maximum absolute atomic E-state index is 13.9. The average Bonchev–Trinajstić information content (AvgIpc) is 3.30. The Hall–Kier alpha value is -5.98. The SMILES string of the molecule is O=C(NC(Cc1ccccc1)Cc1ccccc1)c1cc([N+](=O)[O-])cc2c1-c1c(cc([N+](=O)[O-])cc1[N+](=O)[O-])/C2=N\O. The molecule has 0 saturated heterocycles. The van der Waals surface area contributed by atoms with Crippen molar-refractivity contribution in [3.8, 4) is 11.1 Å². The molecule has 13 nitrogen and oxygen atoms in total. The largest absolute Gasteiger partial charge is 0.410 e. The fraction of sp³-hybridized carbons (Fsp3) is 0.103. The third-order valence-corrected chi connectivity index (χ3v) is 6.93. The van der Waals surface area contributed by atoms with Crippen molar-refractivity contribution in [3.63, 3.8) is 0 Å². The number of nitrogens with zero attached hydrogens (tertiary/aromatic N) is 4. The van der Waals surface area contributed by atoms with Crippen LogP contribution < -0.4 is 5.32 Å². The van der Waals surface area contributed by atoms with Gasteiger partial charge in [-0.05, 0) is 24.0 Å². The molecule has 4 aromatic carbocycles. The van der Waals surface area contributed by atoms with E-state index in [1.54, 1.807) is 0 Å². The van der Waals surface area contributed by atoms with Crippen molar-refractivity contribution in [2.75, 3.05) is 0 Å². The number of nitro groups is 3. The second-order valence-corrected chi connectivity index (χ2v) is 9.57. The first-order valence-corrected chi connectivity index (χ1v) is 12.6. The molecule has 4 aromatic rings. The predicted octanol–water partition coefficient (Wildman–Crippen LogP) is 5.20. The van der Waals surface area contributed by atoms with Crippen LogP contribution in [0.5, 0.6) is 0 Å². The number of hydrogen-bond donors (Lipinski definition) is 2. The Morgan fingerprint density at radius 3 is 1.71 bits per heavy atom. The average molecular weight is 568 g/mol. The Kier molecular flexibility index (Phi) is 7.39. The molecule has 1 aliphatic carbocycles. The highest BCUT2D eigenvalue weighted by Crippen LogP contribution is 2.47. The minimum absolute atomic E-state index is 0.0966. The van der Waals surface area contributed by atoms with E-state index in [1.165, 1.54) is 0 Å². The van der Waals surface area contributed by atoms with Gasteiger partial charge in [-0.15, -0.1) is 0 Å². The molecule has 0 unspecified atom stereocenters. The van der Waals surface area contributed by atoms with Crippen LogP contribution >= 0.6 is 0 Å². The van der Waals surface area contributed by atoms with Crippen molar-refractivity contribution in [2.45, 2.75) is 18.9 Å². The molecule has 5 rings (SSSR count). The van der Waals surface area contributed by atoms with Crippen molar-refractivity contribution in [3.05, 3.63) is 143 Å². The Bertz CT molecular complexity index is 1730. The highest BCUT2D eigenvalue weighted by atomic mass is 16.6. The van der Waals surface area contributed by atoms with Gasteiger partial charge in [0.15, 0.2) is 0 Å². The summed E-state index contributed by atoms with van der Waals surface area (Å²) in [5, 5.41) is 51.3. The number of carbonyl (C=O) groups excluding carboxylic acids is 1. The number of nitro benzene ring substituents is 3. The van der Waals surface area contributed by atoms with Gasteiger partial charge in [0, 0.05) is 40.9 Å². The smallest absolute Gasteiger partial charge is 0.284 e. The molecule has 0 atom stereocenters. The maximum Gasteiger partial charge on any atom is 0.284 e. The zero-order valence-electron chi connectivity index (χ0n) is 21.7. The Balaban J connectivity index is 1.66. The first-order chi connectivity index (χ1) is 20.2. The van der Waals surface area contributed by atoms with E-state index < -0.39 is 43.8 Å². The minimum Gasteiger partial charge on any atom is -0.410 e. The molecular formula is C29H21N5O8. The van der Waals surface area contributed by atoms with Crippen LogP contribution in [-0.4, -0.2) is 37.6 Å². The van der Waals surface area contributed by atoms with E-state index in [1.807, 2.05) is 60.7 Å². The van der Waals surface area contributed by atoms with Gasteiger partial charge < -0.3 is 10.5 Å². The number of carbonyl (C=O) groups is 1. The number of non-ortho nitro benzene ring substituents is 2. The summed E-state index contributed by atoms with van der Waals surface area (Å²) < 4.78 is 0. The van der Waals surface area contributed by atoms with Gasteiger partial charge in [0.05, 0.1) is 32.0 Å². The van der Waals surface area contributed by atoms with Gasteiger partial charge >= 0.3 is 0 Å². The lowest BCUT2D eigenvalue weighted by Gasteiger charge is -2.20. The summed E-state index contributed by atoms with van der Waals surface area (Å²) in [4.78, 5) is 46.9. The molecule has 1 aliphatic rings. The highest BCUT2D eigenvalue weighted by Gasteiger charge is 2.39. The number of oxime groups is 1.